The Morgan fingerprint density at radius 1 is 1.56 bits per heavy atom. The van der Waals surface area contributed by atoms with Gasteiger partial charge in [-0.1, -0.05) is 11.6 Å². The fraction of sp³-hybridized carbons (Fsp3) is 0.250. The summed E-state index contributed by atoms with van der Waals surface area (Å²) in [5.41, 5.74) is 0. The SMILES string of the molecule is FC(F)n1ccc(NCc2cnc(Cl)s2)n1. The molecular formula is C8H7ClF2N4S. The largest absolute Gasteiger partial charge is 0.364 e. The highest BCUT2D eigenvalue weighted by Gasteiger charge is 2.07. The molecule has 2 aromatic heterocycles. The molecule has 0 saturated carbocycles. The lowest BCUT2D eigenvalue weighted by molar-refractivity contribution is 0.0569. The van der Waals surface area contributed by atoms with Gasteiger partial charge in [0.25, 0.3) is 0 Å². The van der Waals surface area contributed by atoms with E-state index in [-0.39, 0.29) is 0 Å². The van der Waals surface area contributed by atoms with Gasteiger partial charge in [-0.05, 0) is 0 Å². The number of alkyl halides is 2. The van der Waals surface area contributed by atoms with Crippen molar-refractivity contribution < 1.29 is 8.78 Å². The highest BCUT2D eigenvalue weighted by Crippen LogP contribution is 2.19. The van der Waals surface area contributed by atoms with E-state index in [0.717, 1.165) is 4.88 Å². The Bertz CT molecular complexity index is 470. The lowest BCUT2D eigenvalue weighted by Crippen LogP contribution is -2.02. The van der Waals surface area contributed by atoms with Gasteiger partial charge < -0.3 is 5.32 Å². The first kappa shape index (κ1) is 11.3. The molecule has 0 spiro atoms. The molecule has 86 valence electrons. The van der Waals surface area contributed by atoms with E-state index in [0.29, 0.717) is 21.5 Å². The van der Waals surface area contributed by atoms with Crippen LogP contribution in [0.4, 0.5) is 14.6 Å². The molecule has 0 amide bonds. The van der Waals surface area contributed by atoms with Crippen LogP contribution in [0.1, 0.15) is 11.4 Å². The molecule has 8 heteroatoms. The predicted molar refractivity (Wildman–Crippen MR) is 57.9 cm³/mol. The van der Waals surface area contributed by atoms with Gasteiger partial charge in [0.2, 0.25) is 0 Å². The number of anilines is 1. The zero-order chi connectivity index (χ0) is 11.5. The van der Waals surface area contributed by atoms with Crippen molar-refractivity contribution in [3.8, 4) is 0 Å². The molecule has 1 N–H and O–H groups in total. The minimum Gasteiger partial charge on any atom is -0.364 e. The average Bonchev–Trinajstić information content (AvgIpc) is 2.83. The summed E-state index contributed by atoms with van der Waals surface area (Å²) < 4.78 is 25.4. The lowest BCUT2D eigenvalue weighted by atomic mass is 10.5. The Kier molecular flexibility index (Phi) is 3.35. The van der Waals surface area contributed by atoms with E-state index in [1.807, 2.05) is 0 Å². The Labute approximate surface area is 98.9 Å². The Hall–Kier alpha value is -1.21. The first-order valence-corrected chi connectivity index (χ1v) is 5.52. The van der Waals surface area contributed by atoms with E-state index in [2.05, 4.69) is 15.4 Å². The molecule has 0 saturated heterocycles. The molecule has 2 aromatic rings. The second-order valence-electron chi connectivity index (χ2n) is 2.89. The van der Waals surface area contributed by atoms with Gasteiger partial charge in [0.05, 0.1) is 6.54 Å². The number of hydrogen-bond acceptors (Lipinski definition) is 4. The van der Waals surface area contributed by atoms with Crippen molar-refractivity contribution in [3.05, 3.63) is 27.8 Å². The summed E-state index contributed by atoms with van der Waals surface area (Å²) in [6.07, 6.45) is 2.84. The van der Waals surface area contributed by atoms with Crippen LogP contribution in [0.5, 0.6) is 0 Å². The van der Waals surface area contributed by atoms with Gasteiger partial charge in [0.15, 0.2) is 4.47 Å². The summed E-state index contributed by atoms with van der Waals surface area (Å²) in [5, 5.41) is 6.53. The van der Waals surface area contributed by atoms with Gasteiger partial charge in [0, 0.05) is 23.3 Å². The molecule has 0 fully saturated rings. The highest BCUT2D eigenvalue weighted by molar-refractivity contribution is 7.15. The monoisotopic (exact) mass is 264 g/mol. The summed E-state index contributed by atoms with van der Waals surface area (Å²) in [5.74, 6) is 0.393. The van der Waals surface area contributed by atoms with Crippen molar-refractivity contribution >= 4 is 28.8 Å². The molecule has 0 aliphatic rings. The molecule has 0 bridgehead atoms. The molecule has 4 nitrogen and oxygen atoms in total. The second-order valence-corrected chi connectivity index (χ2v) is 4.59. The van der Waals surface area contributed by atoms with Crippen LogP contribution in [-0.4, -0.2) is 14.8 Å². The minimum atomic E-state index is -2.62. The number of nitrogens with zero attached hydrogens (tertiary/aromatic N) is 3. The standard InChI is InChI=1S/C8H7ClF2N4S/c9-7-13-4-5(16-7)3-12-6-1-2-15(14-6)8(10)11/h1-2,4,8H,3H2,(H,12,14). The number of hydrogen-bond donors (Lipinski definition) is 1. The topological polar surface area (TPSA) is 42.7 Å². The molecular weight excluding hydrogens is 258 g/mol. The van der Waals surface area contributed by atoms with Crippen LogP contribution in [0.25, 0.3) is 0 Å². The highest BCUT2D eigenvalue weighted by atomic mass is 35.5. The van der Waals surface area contributed by atoms with Crippen molar-refractivity contribution in [1.82, 2.24) is 14.8 Å². The van der Waals surface area contributed by atoms with Crippen molar-refractivity contribution in [2.75, 3.05) is 5.32 Å². The van der Waals surface area contributed by atoms with Crippen molar-refractivity contribution in [1.29, 1.82) is 0 Å². The van der Waals surface area contributed by atoms with Gasteiger partial charge in [-0.3, -0.25) is 0 Å². The number of thiazole rings is 1. The van der Waals surface area contributed by atoms with Crippen LogP contribution in [0.2, 0.25) is 4.47 Å². The quantitative estimate of drug-likeness (QED) is 0.923. The van der Waals surface area contributed by atoms with Crippen molar-refractivity contribution in [2.45, 2.75) is 13.1 Å². The minimum absolute atomic E-state index is 0.393. The van der Waals surface area contributed by atoms with Crippen molar-refractivity contribution in [3.63, 3.8) is 0 Å². The number of aromatic nitrogens is 3. The van der Waals surface area contributed by atoms with Crippen LogP contribution < -0.4 is 5.32 Å². The van der Waals surface area contributed by atoms with Gasteiger partial charge in [0.1, 0.15) is 5.82 Å². The lowest BCUT2D eigenvalue weighted by Gasteiger charge is -2.00. The molecule has 2 rings (SSSR count). The molecule has 0 atom stereocenters. The summed E-state index contributed by atoms with van der Waals surface area (Å²) in [4.78, 5) is 4.77. The normalized spacial score (nSPS) is 11.0. The molecule has 0 unspecified atom stereocenters. The fourth-order valence-electron chi connectivity index (χ4n) is 1.08. The van der Waals surface area contributed by atoms with Gasteiger partial charge >= 0.3 is 6.55 Å². The maximum absolute atomic E-state index is 12.2. The maximum Gasteiger partial charge on any atom is 0.333 e. The van der Waals surface area contributed by atoms with E-state index in [9.17, 15) is 8.78 Å². The van der Waals surface area contributed by atoms with E-state index in [4.69, 9.17) is 11.6 Å². The number of nitrogens with one attached hydrogen (secondary N) is 1. The van der Waals surface area contributed by atoms with Gasteiger partial charge in [-0.25, -0.2) is 9.67 Å². The van der Waals surface area contributed by atoms with E-state index < -0.39 is 6.55 Å². The van der Waals surface area contributed by atoms with Crippen LogP contribution in [0.15, 0.2) is 18.5 Å². The third-order valence-electron chi connectivity index (χ3n) is 1.78. The Morgan fingerprint density at radius 3 is 2.94 bits per heavy atom. The first-order valence-electron chi connectivity index (χ1n) is 4.32. The molecule has 0 aliphatic heterocycles. The third kappa shape index (κ3) is 2.67. The van der Waals surface area contributed by atoms with Gasteiger partial charge in [-0.15, -0.1) is 11.3 Å². The average molecular weight is 265 g/mol. The van der Waals surface area contributed by atoms with Crippen molar-refractivity contribution in [2.24, 2.45) is 0 Å². The predicted octanol–water partition coefficient (Wildman–Crippen LogP) is 3.00. The second kappa shape index (κ2) is 4.75. The zero-order valence-electron chi connectivity index (χ0n) is 7.90. The molecule has 16 heavy (non-hydrogen) atoms. The molecule has 2 heterocycles. The van der Waals surface area contributed by atoms with Crippen LogP contribution >= 0.6 is 22.9 Å². The number of rotatable bonds is 4. The summed E-state index contributed by atoms with van der Waals surface area (Å²) in [6, 6.07) is 1.48. The summed E-state index contributed by atoms with van der Waals surface area (Å²) in [7, 11) is 0. The Morgan fingerprint density at radius 2 is 2.38 bits per heavy atom. The maximum atomic E-state index is 12.2. The third-order valence-corrected chi connectivity index (χ3v) is 2.89. The van der Waals surface area contributed by atoms with E-state index >= 15 is 0 Å². The van der Waals surface area contributed by atoms with Crippen LogP contribution in [0.3, 0.4) is 0 Å². The van der Waals surface area contributed by atoms with Gasteiger partial charge in [-0.2, -0.15) is 13.9 Å². The van der Waals surface area contributed by atoms with Crippen LogP contribution in [0, 0.1) is 0 Å². The Balaban J connectivity index is 1.94. The molecule has 0 aliphatic carbocycles. The zero-order valence-corrected chi connectivity index (χ0v) is 9.47. The first-order chi connectivity index (χ1) is 7.65. The molecule has 0 aromatic carbocycles. The van der Waals surface area contributed by atoms with Crippen LogP contribution in [-0.2, 0) is 6.54 Å². The molecule has 0 radical (unpaired) electrons. The fourth-order valence-corrected chi connectivity index (χ4v) is 2.00. The van der Waals surface area contributed by atoms with E-state index in [1.165, 1.54) is 23.6 Å². The van der Waals surface area contributed by atoms with E-state index in [1.54, 1.807) is 6.20 Å². The summed E-state index contributed by atoms with van der Waals surface area (Å²) in [6.45, 7) is -2.15. The number of halogens is 3. The summed E-state index contributed by atoms with van der Waals surface area (Å²) >= 11 is 6.98. The smallest absolute Gasteiger partial charge is 0.333 e.